The number of nitrogens with one attached hydrogen (secondary N) is 4. The SMILES string of the molecule is CCCCSc1nc(Nc2cc(N(CC)CC)c(OC)cc2N=Nc2nc(N3CCCCC3)c(C=C(C(C)=O)C(=O)Nc3cccc(S(=O)(=O)O)c3)s2)nc(Nc2cc(N(CC)CC)c(OC)cc2N=Nc2nc(N3CCCCC3)c(C=C(C(C)=O)C(=O)Nc3cccc(S(=O)(=O)O)c3)s2)n1. The minimum absolute atomic E-state index is 0.0382. The molecular weight excluding hydrogens is 1400 g/mol. The van der Waals surface area contributed by atoms with Crippen LogP contribution in [0.1, 0.15) is 110 Å². The van der Waals surface area contributed by atoms with Crippen molar-refractivity contribution in [2.75, 3.05) is 113 Å². The predicted molar refractivity (Wildman–Crippen MR) is 397 cm³/mol. The molecule has 2 amide bonds. The van der Waals surface area contributed by atoms with E-state index in [1.807, 2.05) is 39.8 Å². The van der Waals surface area contributed by atoms with E-state index in [0.717, 1.165) is 97.5 Å². The fourth-order valence-electron chi connectivity index (χ4n) is 11.1. The number of ether oxygens (including phenoxy) is 2. The minimum atomic E-state index is -4.60. The highest BCUT2D eigenvalue weighted by atomic mass is 32.2. The standard InChI is InChI=1S/C67H81N17O12S5/c1-10-15-32-97-65-75-63(70-49-37-53(81(11-2)12-3)55(95-8)39-51(49)77-79-66-72-59(83-28-18-16-19-29-83)57(98-66)35-47(41(6)85)61(87)68-43-24-22-26-45(33-43)100(89,90)91)74-64(76-65)71-50-38-54(82(13-4)14-5)56(96-9)40-52(50)78-80-67-73-60(84-30-20-17-21-31-84)58(99-67)36-48(42(7)86)62(88)69-44-25-23-27-46(34-44)101(92,93)94/h22-27,33-40H,10-21,28-32H2,1-9H3,(H,68,87)(H,69,88)(H,89,90,91)(H,92,93,94)(H2,70,71,74,75,76). The predicted octanol–water partition coefficient (Wildman–Crippen LogP) is 14.4. The molecule has 0 saturated carbocycles. The number of piperidine rings is 2. The van der Waals surface area contributed by atoms with E-state index in [9.17, 15) is 45.1 Å². The zero-order chi connectivity index (χ0) is 72.5. The molecule has 2 fully saturated rings. The summed E-state index contributed by atoms with van der Waals surface area (Å²) < 4.78 is 79.1. The molecule has 0 aliphatic carbocycles. The Bertz CT molecular complexity index is 4270. The molecule has 4 aromatic carbocycles. The van der Waals surface area contributed by atoms with Crippen molar-refractivity contribution in [3.8, 4) is 11.5 Å². The number of nitrogens with zero attached hydrogens (tertiary/aromatic N) is 13. The lowest BCUT2D eigenvalue weighted by Crippen LogP contribution is -2.30. The highest BCUT2D eigenvalue weighted by Gasteiger charge is 2.27. The molecule has 29 nitrogen and oxygen atoms in total. The number of aromatic nitrogens is 5. The number of benzene rings is 4. The summed E-state index contributed by atoms with van der Waals surface area (Å²) in [5.41, 5.74) is 2.49. The summed E-state index contributed by atoms with van der Waals surface area (Å²) in [6, 6.07) is 17.3. The van der Waals surface area contributed by atoms with Crippen LogP contribution in [0, 0.1) is 0 Å². The van der Waals surface area contributed by atoms with Gasteiger partial charge in [0.05, 0.1) is 67.7 Å². The molecule has 3 aromatic heterocycles. The Kier molecular flexibility index (Phi) is 26.2. The number of hydrogen-bond acceptors (Lipinski definition) is 28. The first-order valence-corrected chi connectivity index (χ1v) is 38.4. The van der Waals surface area contributed by atoms with Crippen molar-refractivity contribution in [3.05, 3.63) is 93.7 Å². The molecule has 101 heavy (non-hydrogen) atoms. The molecule has 0 unspecified atom stereocenters. The molecule has 0 radical (unpaired) electrons. The second-order valence-corrected chi connectivity index (χ2v) is 29.1. The maximum absolute atomic E-state index is 13.9. The van der Waals surface area contributed by atoms with Crippen molar-refractivity contribution >= 4 is 169 Å². The number of unbranched alkanes of at least 4 members (excludes halogenated alkanes) is 1. The summed E-state index contributed by atoms with van der Waals surface area (Å²) in [4.78, 5) is 87.4. The van der Waals surface area contributed by atoms with Crippen LogP contribution in [0.5, 0.6) is 11.5 Å². The zero-order valence-corrected chi connectivity index (χ0v) is 61.5. The second kappa shape index (κ2) is 34.8. The van der Waals surface area contributed by atoms with Gasteiger partial charge in [-0.2, -0.15) is 41.8 Å². The molecule has 9 rings (SSSR count). The van der Waals surface area contributed by atoms with Crippen LogP contribution in [-0.4, -0.2) is 147 Å². The Morgan fingerprint density at radius 2 is 0.980 bits per heavy atom. The Hall–Kier alpha value is -9.32. The van der Waals surface area contributed by atoms with Crippen molar-refractivity contribution in [2.24, 2.45) is 20.5 Å². The molecule has 7 aromatic rings. The molecule has 0 bridgehead atoms. The van der Waals surface area contributed by atoms with E-state index in [1.165, 1.54) is 74.2 Å². The molecule has 2 saturated heterocycles. The molecule has 0 spiro atoms. The van der Waals surface area contributed by atoms with Crippen molar-refractivity contribution < 1.29 is 54.6 Å². The first-order chi connectivity index (χ1) is 48.4. The van der Waals surface area contributed by atoms with Gasteiger partial charge in [-0.3, -0.25) is 28.3 Å². The van der Waals surface area contributed by atoms with Crippen LogP contribution in [0.25, 0.3) is 12.2 Å². The van der Waals surface area contributed by atoms with Gasteiger partial charge in [-0.05, 0) is 147 Å². The molecule has 6 N–H and O–H groups in total. The number of anilines is 10. The van der Waals surface area contributed by atoms with Crippen molar-refractivity contribution in [3.63, 3.8) is 0 Å². The van der Waals surface area contributed by atoms with Crippen LogP contribution in [0.15, 0.2) is 119 Å². The quantitative estimate of drug-likeness (QED) is 0.00434. The van der Waals surface area contributed by atoms with E-state index in [2.05, 4.69) is 47.8 Å². The number of rotatable bonds is 32. The van der Waals surface area contributed by atoms with Gasteiger partial charge in [0.1, 0.15) is 34.5 Å². The minimum Gasteiger partial charge on any atom is -0.494 e. The van der Waals surface area contributed by atoms with Crippen molar-refractivity contribution in [2.45, 2.75) is 115 Å². The molecular formula is C67H81N17O12S5. The van der Waals surface area contributed by atoms with Gasteiger partial charge in [0, 0.05) is 81.6 Å². The number of thiazole rings is 2. The lowest BCUT2D eigenvalue weighted by atomic mass is 10.1. The summed E-state index contributed by atoms with van der Waals surface area (Å²) in [6.45, 7) is 17.8. The zero-order valence-electron chi connectivity index (χ0n) is 57.4. The molecule has 2 aliphatic heterocycles. The maximum Gasteiger partial charge on any atom is 0.294 e. The number of carbonyl (C=O) groups excluding carboxylic acids is 4. The summed E-state index contributed by atoms with van der Waals surface area (Å²) in [6.07, 6.45) is 10.2. The third-order valence-electron chi connectivity index (χ3n) is 16.3. The topological polar surface area (TPSA) is 370 Å². The number of hydrogen-bond donors (Lipinski definition) is 6. The van der Waals surface area contributed by atoms with Gasteiger partial charge >= 0.3 is 0 Å². The Morgan fingerprint density at radius 3 is 1.34 bits per heavy atom. The van der Waals surface area contributed by atoms with Gasteiger partial charge in [0.15, 0.2) is 16.7 Å². The average Bonchev–Trinajstić information content (AvgIpc) is 1.62. The highest BCUT2D eigenvalue weighted by Crippen LogP contribution is 2.45. The van der Waals surface area contributed by atoms with Gasteiger partial charge in [-0.25, -0.2) is 0 Å². The number of amides is 2. The van der Waals surface area contributed by atoms with E-state index in [1.54, 1.807) is 26.4 Å². The van der Waals surface area contributed by atoms with Gasteiger partial charge < -0.3 is 50.3 Å². The number of Topliss-reactive ketones (excluding diaryl/α,β-unsaturated/α-hetero) is 2. The van der Waals surface area contributed by atoms with Crippen LogP contribution in [0.2, 0.25) is 0 Å². The van der Waals surface area contributed by atoms with E-state index >= 15 is 0 Å². The highest BCUT2D eigenvalue weighted by molar-refractivity contribution is 7.99. The maximum atomic E-state index is 13.9. The fourth-order valence-corrected chi connectivity index (χ4v) is 14.7. The molecule has 0 atom stereocenters. The van der Waals surface area contributed by atoms with E-state index < -0.39 is 53.4 Å². The number of carbonyl (C=O) groups is 4. The first-order valence-electron chi connectivity index (χ1n) is 32.9. The van der Waals surface area contributed by atoms with Crippen LogP contribution >= 0.6 is 34.4 Å². The number of ketones is 2. The van der Waals surface area contributed by atoms with Crippen LogP contribution < -0.4 is 50.3 Å². The first kappa shape index (κ1) is 75.9. The normalized spacial score (nSPS) is 13.9. The Balaban J connectivity index is 1.11. The summed E-state index contributed by atoms with van der Waals surface area (Å²) in [5.74, 6) is 0.126. The van der Waals surface area contributed by atoms with Crippen molar-refractivity contribution in [1.82, 2.24) is 24.9 Å². The van der Waals surface area contributed by atoms with Crippen molar-refractivity contribution in [1.29, 1.82) is 0 Å². The lowest BCUT2D eigenvalue weighted by Gasteiger charge is -2.27. The Labute approximate surface area is 599 Å². The summed E-state index contributed by atoms with van der Waals surface area (Å²) >= 11 is 3.65. The van der Waals surface area contributed by atoms with E-state index in [0.29, 0.717) is 119 Å². The third kappa shape index (κ3) is 19.8. The average molecular weight is 1480 g/mol. The second-order valence-electron chi connectivity index (χ2n) is 23.2. The summed E-state index contributed by atoms with van der Waals surface area (Å²) in [5, 5.41) is 31.8. The van der Waals surface area contributed by atoms with Crippen LogP contribution in [-0.2, 0) is 39.4 Å². The lowest BCUT2D eigenvalue weighted by molar-refractivity contribution is -0.120. The van der Waals surface area contributed by atoms with Gasteiger partial charge in [0.25, 0.3) is 32.1 Å². The van der Waals surface area contributed by atoms with Gasteiger partial charge in [-0.1, -0.05) is 59.9 Å². The third-order valence-corrected chi connectivity index (χ3v) is 20.6. The smallest absolute Gasteiger partial charge is 0.294 e. The number of thioether (sulfide) groups is 1. The molecule has 536 valence electrons. The number of methoxy groups -OCH3 is 2. The van der Waals surface area contributed by atoms with Gasteiger partial charge in [0.2, 0.25) is 22.2 Å². The summed E-state index contributed by atoms with van der Waals surface area (Å²) in [7, 11) is -6.06. The largest absolute Gasteiger partial charge is 0.494 e. The van der Waals surface area contributed by atoms with E-state index in [-0.39, 0.29) is 44.7 Å². The fraction of sp³-hybridized carbons (Fsp3) is 0.388. The Morgan fingerprint density at radius 1 is 0.574 bits per heavy atom. The monoisotopic (exact) mass is 1480 g/mol. The van der Waals surface area contributed by atoms with E-state index in [4.69, 9.17) is 54.9 Å². The van der Waals surface area contributed by atoms with Crippen LogP contribution in [0.3, 0.4) is 0 Å². The molecule has 2 aliphatic rings. The van der Waals surface area contributed by atoms with Gasteiger partial charge in [-0.15, -0.1) is 20.5 Å². The molecule has 5 heterocycles. The number of azo groups is 2. The van der Waals surface area contributed by atoms with Crippen LogP contribution in [0.4, 0.5) is 79.3 Å². The molecule has 34 heteroatoms.